The number of carbonyl (C=O) groups excluding carboxylic acids is 2. The first-order valence-electron chi connectivity index (χ1n) is 18.0. The fourth-order valence-electron chi connectivity index (χ4n) is 6.66. The zero-order chi connectivity index (χ0) is 45.0. The number of ether oxygens (including phenoxy) is 7. The highest BCUT2D eigenvalue weighted by atomic mass is 31.2. The van der Waals surface area contributed by atoms with Crippen LogP contribution >= 0.6 is 7.82 Å². The molecule has 16 N–H and O–H groups in total. The molecule has 4 heterocycles. The van der Waals surface area contributed by atoms with Crippen LogP contribution in [0, 0.1) is 0 Å². The Hall–Kier alpha value is -2.69. The van der Waals surface area contributed by atoms with Gasteiger partial charge in [-0.2, -0.15) is 0 Å². The molecule has 60 heavy (non-hydrogen) atoms. The molecule has 0 radical (unpaired) electrons. The summed E-state index contributed by atoms with van der Waals surface area (Å²) >= 11 is 0. The Kier molecular flexibility index (Phi) is 17.6. The van der Waals surface area contributed by atoms with Gasteiger partial charge in [0.1, 0.15) is 85.3 Å². The number of phosphoric ester groups is 1. The number of hydrogen-bond donors (Lipinski definition) is 15. The molecule has 1 unspecified atom stereocenters. The van der Waals surface area contributed by atoms with Crippen LogP contribution in [0.3, 0.4) is 0 Å². The molecule has 4 aliphatic rings. The molecule has 29 nitrogen and oxygen atoms in total. The summed E-state index contributed by atoms with van der Waals surface area (Å²) in [5.41, 5.74) is 5.24. The van der Waals surface area contributed by atoms with Crippen molar-refractivity contribution in [3.05, 3.63) is 0 Å². The molecule has 30 heteroatoms. The van der Waals surface area contributed by atoms with Gasteiger partial charge in [-0.15, -0.1) is 0 Å². The van der Waals surface area contributed by atoms with E-state index in [9.17, 15) is 84.8 Å². The maximum Gasteiger partial charge on any atom is 0.472 e. The minimum Gasteiger partial charge on any atom is -0.479 e. The van der Waals surface area contributed by atoms with E-state index in [1.54, 1.807) is 0 Å². The van der Waals surface area contributed by atoms with Crippen molar-refractivity contribution in [3.63, 3.8) is 0 Å². The van der Waals surface area contributed by atoms with E-state index >= 15 is 0 Å². The minimum atomic E-state index is -4.81. The fraction of sp³-hybridized carbons (Fsp3) is 0.867. The number of nitrogens with two attached hydrogens (primary N) is 1. The van der Waals surface area contributed by atoms with Gasteiger partial charge in [0.15, 0.2) is 37.4 Å². The molecule has 4 rings (SSSR count). The minimum absolute atomic E-state index is 0.187. The van der Waals surface area contributed by atoms with Crippen molar-refractivity contribution in [2.24, 2.45) is 5.73 Å². The number of aliphatic hydroxyl groups excluding tert-OH is 9. The summed E-state index contributed by atoms with van der Waals surface area (Å²) in [7, 11) is -4.81. The van der Waals surface area contributed by atoms with Crippen molar-refractivity contribution in [1.29, 1.82) is 0 Å². The van der Waals surface area contributed by atoms with Crippen LogP contribution in [0.2, 0.25) is 0 Å². The number of carbonyl (C=O) groups is 4. The maximum absolute atomic E-state index is 12.4. The molecule has 346 valence electrons. The number of amides is 2. The molecule has 0 aromatic heterocycles. The van der Waals surface area contributed by atoms with Crippen molar-refractivity contribution in [2.75, 3.05) is 26.4 Å². The average molecular weight is 900 g/mol. The molecule has 0 spiro atoms. The van der Waals surface area contributed by atoms with Crippen molar-refractivity contribution in [2.45, 2.75) is 137 Å². The zero-order valence-corrected chi connectivity index (χ0v) is 32.4. The Morgan fingerprint density at radius 2 is 1.17 bits per heavy atom. The predicted octanol–water partition coefficient (Wildman–Crippen LogP) is -9.18. The molecule has 4 saturated heterocycles. The van der Waals surface area contributed by atoms with Gasteiger partial charge >= 0.3 is 19.8 Å². The van der Waals surface area contributed by atoms with Crippen LogP contribution < -0.4 is 16.4 Å². The number of carboxylic acids is 2. The zero-order valence-electron chi connectivity index (χ0n) is 31.5. The summed E-state index contributed by atoms with van der Waals surface area (Å²) in [6.45, 7) is -0.537. The first kappa shape index (κ1) is 50.0. The van der Waals surface area contributed by atoms with E-state index in [1.165, 1.54) is 0 Å². The van der Waals surface area contributed by atoms with E-state index < -0.39 is 174 Å². The largest absolute Gasteiger partial charge is 0.479 e. The highest BCUT2D eigenvalue weighted by molar-refractivity contribution is 7.47. The van der Waals surface area contributed by atoms with E-state index in [0.29, 0.717) is 0 Å². The maximum atomic E-state index is 12.4. The molecule has 0 aliphatic carbocycles. The van der Waals surface area contributed by atoms with Crippen LogP contribution in [0.15, 0.2) is 0 Å². The third-order valence-electron chi connectivity index (χ3n) is 9.54. The van der Waals surface area contributed by atoms with Gasteiger partial charge in [0.25, 0.3) is 0 Å². The van der Waals surface area contributed by atoms with E-state index in [4.69, 9.17) is 43.4 Å². The third kappa shape index (κ3) is 11.7. The summed E-state index contributed by atoms with van der Waals surface area (Å²) in [6, 6.07) is -3.41. The lowest BCUT2D eigenvalue weighted by Gasteiger charge is -2.49. The Labute approximate surface area is 337 Å². The Balaban J connectivity index is 1.58. The summed E-state index contributed by atoms with van der Waals surface area (Å²) in [4.78, 5) is 58.4. The van der Waals surface area contributed by atoms with Gasteiger partial charge in [-0.1, -0.05) is 0 Å². The molecular weight excluding hydrogens is 849 g/mol. The number of rotatable bonds is 17. The van der Waals surface area contributed by atoms with E-state index in [1.807, 2.05) is 0 Å². The number of carboxylic acid groups (broad SMARTS) is 2. The first-order chi connectivity index (χ1) is 28.0. The Morgan fingerprint density at radius 1 is 0.617 bits per heavy atom. The van der Waals surface area contributed by atoms with Crippen LogP contribution in [-0.4, -0.2) is 234 Å². The lowest BCUT2D eigenvalue weighted by molar-refractivity contribution is -0.375. The van der Waals surface area contributed by atoms with Crippen molar-refractivity contribution < 1.29 is 127 Å². The standard InChI is InChI=1S/C30H50N3O26P/c1-7(35)32-11-15(39)13(37)9(5-34)54-28(11)57-22-16(40)17(41)29(59-24(22)26(46)47)56-21-18(42)23(25(44)45)58-30(19(21)43)55-20-12(33-8(2)36)27(48)53-10(14(20)38)6-52-60(49,50)51-4-3-31/h9-24,27-30,34,37-43,48H,3-6,31H2,1-2H3,(H,32,35)(H,33,36)(H,44,45)(H,46,47)(H,49,50)/t9-,10-,11-,12-,13-,14-,15-,16-,17-,18-,19-,20-,21+,22-,23+,24+,27-,28+,29+,30+/m1/s1. The molecule has 4 aliphatic heterocycles. The molecule has 0 aromatic carbocycles. The number of nitrogens with one attached hydrogen (secondary N) is 2. The van der Waals surface area contributed by atoms with E-state index in [-0.39, 0.29) is 6.54 Å². The Morgan fingerprint density at radius 3 is 1.73 bits per heavy atom. The normalized spacial score (nSPS) is 43.4. The topological polar surface area (TPSA) is 461 Å². The molecule has 21 atom stereocenters. The second-order valence-electron chi connectivity index (χ2n) is 13.9. The molecule has 0 aromatic rings. The molecular formula is C30H50N3O26P. The number of aliphatic carboxylic acids is 2. The van der Waals surface area contributed by atoms with Gasteiger partial charge in [-0.3, -0.25) is 18.6 Å². The molecule has 4 fully saturated rings. The highest BCUT2D eigenvalue weighted by Gasteiger charge is 2.58. The monoisotopic (exact) mass is 899 g/mol. The van der Waals surface area contributed by atoms with Crippen LogP contribution in [0.4, 0.5) is 0 Å². The second kappa shape index (κ2) is 21.1. The lowest BCUT2D eigenvalue weighted by atomic mass is 9.94. The fourth-order valence-corrected chi connectivity index (χ4v) is 7.40. The van der Waals surface area contributed by atoms with Gasteiger partial charge in [-0.05, 0) is 0 Å². The lowest BCUT2D eigenvalue weighted by Crippen LogP contribution is -2.69. The van der Waals surface area contributed by atoms with Crippen LogP contribution in [0.5, 0.6) is 0 Å². The summed E-state index contributed by atoms with van der Waals surface area (Å²) in [5.74, 6) is -5.49. The van der Waals surface area contributed by atoms with Gasteiger partial charge in [0, 0.05) is 20.4 Å². The van der Waals surface area contributed by atoms with Crippen molar-refractivity contribution >= 4 is 31.6 Å². The summed E-state index contributed by atoms with van der Waals surface area (Å²) in [5, 5.41) is 121. The van der Waals surface area contributed by atoms with E-state index in [0.717, 1.165) is 13.8 Å². The van der Waals surface area contributed by atoms with Crippen LogP contribution in [0.1, 0.15) is 13.8 Å². The SMILES string of the molecule is CC(=O)N[C@@H]1[C@@H](O[C@H]2O[C@H](C(=O)O)[C@H](O)[C@H](O[C@H]3O[C@H](C(=O)O)[C@H](O[C@@H]4O[C@H](CO)[C@@H](O)[C@H](O)[C@H]4NC(C)=O)[C@H](O)[C@H]3O)[C@H]2O)[C@H](O)[C@@H](COP(=O)(O)OCCN)O[C@H]1O. The van der Waals surface area contributed by atoms with E-state index in [2.05, 4.69) is 15.2 Å². The van der Waals surface area contributed by atoms with Gasteiger partial charge < -0.3 is 111 Å². The quantitative estimate of drug-likeness (QED) is 0.0603. The van der Waals surface area contributed by atoms with Crippen molar-refractivity contribution in [1.82, 2.24) is 10.6 Å². The summed E-state index contributed by atoms with van der Waals surface area (Å²) in [6.07, 6.45) is -38.6. The first-order valence-corrected chi connectivity index (χ1v) is 19.5. The van der Waals surface area contributed by atoms with Gasteiger partial charge in [-0.25, -0.2) is 14.2 Å². The van der Waals surface area contributed by atoms with Crippen molar-refractivity contribution in [3.8, 4) is 0 Å². The second-order valence-corrected chi connectivity index (χ2v) is 15.3. The number of phosphoric acid groups is 1. The van der Waals surface area contributed by atoms with Crippen LogP contribution in [0.25, 0.3) is 0 Å². The summed E-state index contributed by atoms with van der Waals surface area (Å²) < 4.78 is 59.5. The molecule has 2 amide bonds. The smallest absolute Gasteiger partial charge is 0.472 e. The predicted molar refractivity (Wildman–Crippen MR) is 182 cm³/mol. The van der Waals surface area contributed by atoms with Gasteiger partial charge in [0.2, 0.25) is 11.8 Å². The number of aliphatic hydroxyl groups is 9. The Bertz CT molecular complexity index is 1530. The average Bonchev–Trinajstić information content (AvgIpc) is 3.17. The third-order valence-corrected chi connectivity index (χ3v) is 10.5. The number of hydrogen-bond acceptors (Lipinski definition) is 24. The highest BCUT2D eigenvalue weighted by Crippen LogP contribution is 2.44. The molecule has 0 saturated carbocycles. The molecule has 0 bridgehead atoms. The van der Waals surface area contributed by atoms with Gasteiger partial charge in [0.05, 0.1) is 19.8 Å². The van der Waals surface area contributed by atoms with Crippen LogP contribution in [-0.2, 0) is 65.9 Å².